The van der Waals surface area contributed by atoms with Crippen molar-refractivity contribution in [2.45, 2.75) is 6.54 Å². The summed E-state index contributed by atoms with van der Waals surface area (Å²) in [5, 5.41) is 14.6. The Kier molecular flexibility index (Phi) is 6.19. The molecule has 0 fully saturated rings. The van der Waals surface area contributed by atoms with Crippen LogP contribution in [0.1, 0.15) is 5.82 Å². The van der Waals surface area contributed by atoms with Crippen molar-refractivity contribution in [2.24, 2.45) is 4.99 Å². The van der Waals surface area contributed by atoms with E-state index < -0.39 is 0 Å². The summed E-state index contributed by atoms with van der Waals surface area (Å²) in [7, 11) is 1.73. The highest BCUT2D eigenvalue weighted by atomic mass is 16.5. The number of ether oxygens (including phenoxy) is 1. The predicted molar refractivity (Wildman–Crippen MR) is 101 cm³/mol. The number of aromatic nitrogens is 3. The second-order valence-corrected chi connectivity index (χ2v) is 5.47. The summed E-state index contributed by atoms with van der Waals surface area (Å²) in [6.45, 7) is 1.69. The Morgan fingerprint density at radius 2 is 1.77 bits per heavy atom. The lowest BCUT2D eigenvalue weighted by Gasteiger charge is -2.13. The van der Waals surface area contributed by atoms with Gasteiger partial charge in [0.2, 0.25) is 0 Å². The van der Waals surface area contributed by atoms with Crippen molar-refractivity contribution < 1.29 is 4.74 Å². The van der Waals surface area contributed by atoms with Crippen LogP contribution in [0.25, 0.3) is 5.69 Å². The molecule has 0 aliphatic rings. The second-order valence-electron chi connectivity index (χ2n) is 5.47. The summed E-state index contributed by atoms with van der Waals surface area (Å²) in [5.41, 5.74) is 1.02. The average Bonchev–Trinajstić information content (AvgIpc) is 3.17. The first-order valence-corrected chi connectivity index (χ1v) is 8.43. The fraction of sp³-hybridized carbons (Fsp3) is 0.211. The molecule has 1 heterocycles. The minimum absolute atomic E-state index is 0.508. The van der Waals surface area contributed by atoms with E-state index >= 15 is 0 Å². The minimum atomic E-state index is 0.508. The molecule has 0 amide bonds. The van der Waals surface area contributed by atoms with E-state index in [4.69, 9.17) is 4.74 Å². The average molecular weight is 350 g/mol. The Labute approximate surface area is 152 Å². The topological polar surface area (TPSA) is 76.4 Å². The molecule has 1 aromatic heterocycles. The van der Waals surface area contributed by atoms with Crippen molar-refractivity contribution in [1.82, 2.24) is 25.4 Å². The zero-order chi connectivity index (χ0) is 18.0. The molecule has 0 saturated carbocycles. The van der Waals surface area contributed by atoms with E-state index in [1.807, 2.05) is 65.2 Å². The van der Waals surface area contributed by atoms with Crippen LogP contribution in [0, 0.1) is 0 Å². The number of hydrogen-bond acceptors (Lipinski definition) is 4. The van der Waals surface area contributed by atoms with Crippen molar-refractivity contribution in [3.63, 3.8) is 0 Å². The van der Waals surface area contributed by atoms with E-state index in [-0.39, 0.29) is 0 Å². The van der Waals surface area contributed by atoms with Crippen LogP contribution in [0.2, 0.25) is 0 Å². The van der Waals surface area contributed by atoms with Gasteiger partial charge in [0.1, 0.15) is 18.7 Å². The number of benzene rings is 2. The summed E-state index contributed by atoms with van der Waals surface area (Å²) < 4.78 is 7.60. The zero-order valence-corrected chi connectivity index (χ0v) is 14.7. The number of rotatable bonds is 7. The normalized spacial score (nSPS) is 11.2. The number of aliphatic imine (C=N–C) groups is 1. The van der Waals surface area contributed by atoms with Gasteiger partial charge in [-0.1, -0.05) is 36.4 Å². The van der Waals surface area contributed by atoms with Gasteiger partial charge in [-0.05, 0) is 24.3 Å². The number of nitrogens with zero attached hydrogens (tertiary/aromatic N) is 4. The highest BCUT2D eigenvalue weighted by Gasteiger charge is 2.07. The Bertz CT molecular complexity index is 816. The highest BCUT2D eigenvalue weighted by Crippen LogP contribution is 2.09. The van der Waals surface area contributed by atoms with E-state index in [1.54, 1.807) is 13.4 Å². The summed E-state index contributed by atoms with van der Waals surface area (Å²) in [5.74, 6) is 2.34. The van der Waals surface area contributed by atoms with Crippen LogP contribution < -0.4 is 15.4 Å². The molecule has 0 saturated heterocycles. The first-order valence-electron chi connectivity index (χ1n) is 8.43. The maximum absolute atomic E-state index is 5.66. The van der Waals surface area contributed by atoms with Crippen LogP contribution >= 0.6 is 0 Å². The van der Waals surface area contributed by atoms with Crippen LogP contribution in [0.3, 0.4) is 0 Å². The van der Waals surface area contributed by atoms with Gasteiger partial charge in [-0.2, -0.15) is 0 Å². The highest BCUT2D eigenvalue weighted by molar-refractivity contribution is 5.79. The molecule has 0 aliphatic heterocycles. The third kappa shape index (κ3) is 4.83. The second kappa shape index (κ2) is 9.22. The van der Waals surface area contributed by atoms with Crippen molar-refractivity contribution in [1.29, 1.82) is 0 Å². The lowest BCUT2D eigenvalue weighted by molar-refractivity contribution is 0.322. The molecule has 3 rings (SSSR count). The van der Waals surface area contributed by atoms with Gasteiger partial charge in [0, 0.05) is 12.7 Å². The van der Waals surface area contributed by atoms with Crippen molar-refractivity contribution in [2.75, 3.05) is 20.2 Å². The van der Waals surface area contributed by atoms with Gasteiger partial charge in [-0.25, -0.2) is 0 Å². The maximum Gasteiger partial charge on any atom is 0.191 e. The van der Waals surface area contributed by atoms with Crippen LogP contribution in [-0.2, 0) is 6.54 Å². The Morgan fingerprint density at radius 3 is 2.50 bits per heavy atom. The largest absolute Gasteiger partial charge is 0.492 e. The number of para-hydroxylation sites is 2. The molecule has 26 heavy (non-hydrogen) atoms. The maximum atomic E-state index is 5.66. The first kappa shape index (κ1) is 17.5. The molecular formula is C19H22N6O. The number of hydrogen-bond donors (Lipinski definition) is 2. The third-order valence-electron chi connectivity index (χ3n) is 3.70. The Morgan fingerprint density at radius 1 is 1.04 bits per heavy atom. The molecule has 3 aromatic rings. The van der Waals surface area contributed by atoms with Crippen LogP contribution in [0.5, 0.6) is 5.75 Å². The van der Waals surface area contributed by atoms with E-state index in [0.29, 0.717) is 25.7 Å². The van der Waals surface area contributed by atoms with Gasteiger partial charge in [-0.15, -0.1) is 10.2 Å². The third-order valence-corrected chi connectivity index (χ3v) is 3.70. The van der Waals surface area contributed by atoms with Crippen molar-refractivity contribution in [3.05, 3.63) is 72.8 Å². The molecule has 7 heteroatoms. The standard InChI is InChI=1S/C19H22N6O/c1-20-19(21-12-13-26-17-10-6-3-7-11-17)22-14-18-24-23-15-25(18)16-8-4-2-5-9-16/h2-11,15H,12-14H2,1H3,(H2,20,21,22). The van der Waals surface area contributed by atoms with E-state index in [2.05, 4.69) is 25.8 Å². The lowest BCUT2D eigenvalue weighted by Crippen LogP contribution is -2.39. The van der Waals surface area contributed by atoms with Gasteiger partial charge in [0.25, 0.3) is 0 Å². The molecule has 7 nitrogen and oxygen atoms in total. The Balaban J connectivity index is 1.47. The molecular weight excluding hydrogens is 328 g/mol. The van der Waals surface area contributed by atoms with Crippen LogP contribution in [0.15, 0.2) is 72.0 Å². The summed E-state index contributed by atoms with van der Waals surface area (Å²) >= 11 is 0. The molecule has 0 atom stereocenters. The van der Waals surface area contributed by atoms with E-state index in [1.165, 1.54) is 0 Å². The quantitative estimate of drug-likeness (QED) is 0.387. The molecule has 0 unspecified atom stereocenters. The molecule has 2 N–H and O–H groups in total. The Hall–Kier alpha value is -3.35. The van der Waals surface area contributed by atoms with Gasteiger partial charge in [0.05, 0.1) is 13.1 Å². The molecule has 0 bridgehead atoms. The fourth-order valence-electron chi connectivity index (χ4n) is 2.42. The molecule has 0 spiro atoms. The van der Waals surface area contributed by atoms with E-state index in [0.717, 1.165) is 17.3 Å². The van der Waals surface area contributed by atoms with Crippen LogP contribution in [-0.4, -0.2) is 40.9 Å². The molecule has 2 aromatic carbocycles. The van der Waals surface area contributed by atoms with Gasteiger partial charge >= 0.3 is 0 Å². The molecule has 0 aliphatic carbocycles. The number of nitrogens with one attached hydrogen (secondary N) is 2. The van der Waals surface area contributed by atoms with Crippen molar-refractivity contribution in [3.8, 4) is 11.4 Å². The minimum Gasteiger partial charge on any atom is -0.492 e. The van der Waals surface area contributed by atoms with Crippen molar-refractivity contribution >= 4 is 5.96 Å². The van der Waals surface area contributed by atoms with E-state index in [9.17, 15) is 0 Å². The fourth-order valence-corrected chi connectivity index (χ4v) is 2.42. The first-order chi connectivity index (χ1) is 12.9. The van der Waals surface area contributed by atoms with Gasteiger partial charge in [-0.3, -0.25) is 9.56 Å². The SMILES string of the molecule is CN=C(NCCOc1ccccc1)NCc1nncn1-c1ccccc1. The van der Waals surface area contributed by atoms with Crippen LogP contribution in [0.4, 0.5) is 0 Å². The smallest absolute Gasteiger partial charge is 0.191 e. The summed E-state index contributed by atoms with van der Waals surface area (Å²) in [4.78, 5) is 4.22. The molecule has 134 valence electrons. The summed E-state index contributed by atoms with van der Waals surface area (Å²) in [6, 6.07) is 19.7. The number of guanidine groups is 1. The van der Waals surface area contributed by atoms with Gasteiger partial charge in [0.15, 0.2) is 11.8 Å². The predicted octanol–water partition coefficient (Wildman–Crippen LogP) is 2.01. The summed E-state index contributed by atoms with van der Waals surface area (Å²) in [6.07, 6.45) is 1.70. The lowest BCUT2D eigenvalue weighted by atomic mass is 10.3. The van der Waals surface area contributed by atoms with Gasteiger partial charge < -0.3 is 15.4 Å². The zero-order valence-electron chi connectivity index (χ0n) is 14.7. The molecule has 0 radical (unpaired) electrons. The monoisotopic (exact) mass is 350 g/mol.